The number of amides is 2. The number of carbonyl (C=O) groups is 2. The molecule has 0 N–H and O–H groups in total. The number of rotatable bonds is 5. The second-order valence-corrected chi connectivity index (χ2v) is 8.05. The summed E-state index contributed by atoms with van der Waals surface area (Å²) in [6, 6.07) is 8.36. The number of aromatic nitrogens is 1. The minimum absolute atomic E-state index is 0.0165. The zero-order valence-electron chi connectivity index (χ0n) is 15.0. The third kappa shape index (κ3) is 3.43. The van der Waals surface area contributed by atoms with Gasteiger partial charge in [0.15, 0.2) is 0 Å². The van der Waals surface area contributed by atoms with E-state index in [1.165, 1.54) is 10.6 Å². The van der Waals surface area contributed by atoms with Crippen LogP contribution in [0.25, 0.3) is 0 Å². The smallest absolute Gasteiger partial charge is 0.223 e. The number of hydrogen-bond donors (Lipinski definition) is 0. The number of thiophene rings is 1. The minimum Gasteiger partial charge on any atom is -0.347 e. The van der Waals surface area contributed by atoms with Crippen molar-refractivity contribution in [2.75, 3.05) is 19.6 Å². The van der Waals surface area contributed by atoms with Crippen LogP contribution in [0, 0.1) is 0 Å². The minimum atomic E-state index is 0.0165. The van der Waals surface area contributed by atoms with E-state index in [0.717, 1.165) is 38.9 Å². The van der Waals surface area contributed by atoms with Crippen LogP contribution < -0.4 is 0 Å². The Kier molecular flexibility index (Phi) is 5.11. The molecule has 0 aliphatic carbocycles. The Morgan fingerprint density at radius 3 is 2.88 bits per heavy atom. The molecular formula is C20H25N3O2S. The lowest BCUT2D eigenvalue weighted by molar-refractivity contribution is -0.136. The zero-order chi connectivity index (χ0) is 17.9. The molecule has 0 radical (unpaired) electrons. The Hall–Kier alpha value is -2.08. The first-order chi connectivity index (χ1) is 12.7. The Balaban J connectivity index is 1.42. The lowest BCUT2D eigenvalue weighted by atomic mass is 10.1. The van der Waals surface area contributed by atoms with Crippen molar-refractivity contribution in [2.24, 2.45) is 0 Å². The molecule has 2 aliphatic rings. The monoisotopic (exact) mass is 371 g/mol. The molecule has 0 bridgehead atoms. The lowest BCUT2D eigenvalue weighted by Gasteiger charge is -2.37. The topological polar surface area (TPSA) is 45.6 Å². The first-order valence-corrected chi connectivity index (χ1v) is 10.4. The van der Waals surface area contributed by atoms with Crippen molar-refractivity contribution in [3.63, 3.8) is 0 Å². The maximum absolute atomic E-state index is 13.0. The van der Waals surface area contributed by atoms with E-state index in [4.69, 9.17) is 0 Å². The summed E-state index contributed by atoms with van der Waals surface area (Å²) in [4.78, 5) is 30.1. The van der Waals surface area contributed by atoms with Gasteiger partial charge in [0.05, 0.1) is 0 Å². The number of fused-ring (bicyclic) bond motifs is 1. The number of hydrogen-bond acceptors (Lipinski definition) is 3. The standard InChI is InChI=1S/C20H25N3O2S/c24-18-8-1-2-10-22(18)12-4-9-19(25)23-14-13-21-11-3-6-16(21)20(23)17-7-5-15-26-17/h3,5-7,11,15,20H,1-2,4,8-10,12-14H2. The maximum atomic E-state index is 13.0. The van der Waals surface area contributed by atoms with Gasteiger partial charge in [-0.2, -0.15) is 0 Å². The second kappa shape index (κ2) is 7.66. The quantitative estimate of drug-likeness (QED) is 0.810. The molecule has 0 saturated carbocycles. The molecule has 2 aromatic heterocycles. The van der Waals surface area contributed by atoms with Gasteiger partial charge in [0.25, 0.3) is 0 Å². The van der Waals surface area contributed by atoms with Crippen molar-refractivity contribution in [1.29, 1.82) is 0 Å². The van der Waals surface area contributed by atoms with Gasteiger partial charge < -0.3 is 14.4 Å². The first kappa shape index (κ1) is 17.3. The third-order valence-electron chi connectivity index (χ3n) is 5.41. The fraction of sp³-hybridized carbons (Fsp3) is 0.500. The Morgan fingerprint density at radius 1 is 1.15 bits per heavy atom. The predicted molar refractivity (Wildman–Crippen MR) is 102 cm³/mol. The molecule has 2 aromatic rings. The summed E-state index contributed by atoms with van der Waals surface area (Å²) in [6.07, 6.45) is 6.11. The summed E-state index contributed by atoms with van der Waals surface area (Å²) >= 11 is 1.70. The molecule has 4 heterocycles. The van der Waals surface area contributed by atoms with Crippen molar-refractivity contribution in [3.8, 4) is 0 Å². The van der Waals surface area contributed by atoms with Crippen LogP contribution in [0.1, 0.15) is 48.7 Å². The highest BCUT2D eigenvalue weighted by Gasteiger charge is 2.32. The molecule has 0 spiro atoms. The van der Waals surface area contributed by atoms with Crippen LogP contribution in [-0.4, -0.2) is 45.8 Å². The molecule has 0 aromatic carbocycles. The Morgan fingerprint density at radius 2 is 2.08 bits per heavy atom. The molecule has 138 valence electrons. The van der Waals surface area contributed by atoms with Gasteiger partial charge in [0.2, 0.25) is 11.8 Å². The largest absolute Gasteiger partial charge is 0.347 e. The SMILES string of the molecule is O=C1CCCCN1CCCC(=O)N1CCn2cccc2C1c1cccs1. The number of likely N-dealkylation sites (tertiary alicyclic amines) is 1. The van der Waals surface area contributed by atoms with Crippen molar-refractivity contribution in [1.82, 2.24) is 14.4 Å². The van der Waals surface area contributed by atoms with Crippen molar-refractivity contribution in [3.05, 3.63) is 46.4 Å². The number of nitrogens with zero attached hydrogens (tertiary/aromatic N) is 3. The summed E-state index contributed by atoms with van der Waals surface area (Å²) in [5.41, 5.74) is 1.19. The molecule has 1 atom stereocenters. The maximum Gasteiger partial charge on any atom is 0.223 e. The molecule has 1 saturated heterocycles. The van der Waals surface area contributed by atoms with E-state index >= 15 is 0 Å². The molecule has 26 heavy (non-hydrogen) atoms. The van der Waals surface area contributed by atoms with Crippen LogP contribution in [0.15, 0.2) is 35.8 Å². The van der Waals surface area contributed by atoms with Crippen molar-refractivity contribution in [2.45, 2.75) is 44.7 Å². The zero-order valence-corrected chi connectivity index (χ0v) is 15.8. The van der Waals surface area contributed by atoms with E-state index in [2.05, 4.69) is 34.3 Å². The fourth-order valence-corrected chi connectivity index (χ4v) is 4.91. The van der Waals surface area contributed by atoms with Gasteiger partial charge in [0, 0.05) is 55.8 Å². The van der Waals surface area contributed by atoms with Gasteiger partial charge in [-0.05, 0) is 42.8 Å². The second-order valence-electron chi connectivity index (χ2n) is 7.07. The fourth-order valence-electron chi connectivity index (χ4n) is 4.06. The van der Waals surface area contributed by atoms with E-state index < -0.39 is 0 Å². The summed E-state index contributed by atoms with van der Waals surface area (Å²) in [6.45, 7) is 3.15. The van der Waals surface area contributed by atoms with E-state index in [1.54, 1.807) is 11.3 Å². The van der Waals surface area contributed by atoms with Gasteiger partial charge in [-0.25, -0.2) is 0 Å². The van der Waals surface area contributed by atoms with Crippen molar-refractivity contribution >= 4 is 23.2 Å². The highest BCUT2D eigenvalue weighted by molar-refractivity contribution is 7.10. The molecule has 4 rings (SSSR count). The molecular weight excluding hydrogens is 346 g/mol. The van der Waals surface area contributed by atoms with E-state index in [9.17, 15) is 9.59 Å². The molecule has 2 aliphatic heterocycles. The van der Waals surface area contributed by atoms with Crippen LogP contribution >= 0.6 is 11.3 Å². The Bertz CT molecular complexity index is 768. The van der Waals surface area contributed by atoms with Crippen LogP contribution in [0.5, 0.6) is 0 Å². The third-order valence-corrected chi connectivity index (χ3v) is 6.34. The van der Waals surface area contributed by atoms with Gasteiger partial charge in [-0.1, -0.05) is 6.07 Å². The van der Waals surface area contributed by atoms with Crippen LogP contribution in [0.2, 0.25) is 0 Å². The molecule has 5 nitrogen and oxygen atoms in total. The highest BCUT2D eigenvalue weighted by atomic mass is 32.1. The highest BCUT2D eigenvalue weighted by Crippen LogP contribution is 2.35. The van der Waals surface area contributed by atoms with Gasteiger partial charge >= 0.3 is 0 Å². The summed E-state index contributed by atoms with van der Waals surface area (Å²) in [5, 5.41) is 2.07. The Labute approximate surface area is 158 Å². The normalized spacial score (nSPS) is 20.3. The van der Waals surface area contributed by atoms with Crippen molar-refractivity contribution < 1.29 is 9.59 Å². The summed E-state index contributed by atoms with van der Waals surface area (Å²) < 4.78 is 2.25. The number of carbonyl (C=O) groups excluding carboxylic acids is 2. The van der Waals surface area contributed by atoms with Crippen LogP contribution in [0.4, 0.5) is 0 Å². The average molecular weight is 372 g/mol. The molecule has 1 unspecified atom stereocenters. The molecule has 6 heteroatoms. The van der Waals surface area contributed by atoms with E-state index in [0.29, 0.717) is 19.4 Å². The lowest BCUT2D eigenvalue weighted by Crippen LogP contribution is -2.42. The first-order valence-electron chi connectivity index (χ1n) is 9.50. The predicted octanol–water partition coefficient (Wildman–Crippen LogP) is 3.27. The van der Waals surface area contributed by atoms with Gasteiger partial charge in [-0.15, -0.1) is 11.3 Å². The van der Waals surface area contributed by atoms with E-state index in [1.807, 2.05) is 15.9 Å². The molecule has 1 fully saturated rings. The van der Waals surface area contributed by atoms with Crippen LogP contribution in [0.3, 0.4) is 0 Å². The summed E-state index contributed by atoms with van der Waals surface area (Å²) in [5.74, 6) is 0.441. The van der Waals surface area contributed by atoms with Crippen LogP contribution in [-0.2, 0) is 16.1 Å². The van der Waals surface area contributed by atoms with Gasteiger partial charge in [0.1, 0.15) is 6.04 Å². The van der Waals surface area contributed by atoms with E-state index in [-0.39, 0.29) is 17.9 Å². The number of piperidine rings is 1. The average Bonchev–Trinajstić information content (AvgIpc) is 3.34. The van der Waals surface area contributed by atoms with Gasteiger partial charge in [-0.3, -0.25) is 9.59 Å². The summed E-state index contributed by atoms with van der Waals surface area (Å²) in [7, 11) is 0. The molecule has 2 amide bonds.